The molecular formula is C26H40N2O3. The molecule has 0 amide bonds. The number of Topliss-reactive ketones (excluding diaryl/α,β-unsaturated/α-hetero) is 1. The molecule has 1 N–H and O–H groups in total. The van der Waals surface area contributed by atoms with Crippen LogP contribution in [0, 0.1) is 40.9 Å². The highest BCUT2D eigenvalue weighted by atomic mass is 16.5. The van der Waals surface area contributed by atoms with Gasteiger partial charge in [-0.1, -0.05) is 6.92 Å². The second kappa shape index (κ2) is 8.30. The Hall–Kier alpha value is -1.20. The molecule has 172 valence electrons. The van der Waals surface area contributed by atoms with Gasteiger partial charge in [-0.25, -0.2) is 0 Å². The van der Waals surface area contributed by atoms with Gasteiger partial charge in [0, 0.05) is 24.9 Å². The minimum atomic E-state index is -0.607. The third kappa shape index (κ3) is 3.80. The number of nitrogens with zero attached hydrogens (tertiary/aromatic N) is 2. The second-order valence-electron chi connectivity index (χ2n) is 11.4. The molecule has 5 rings (SSSR count). The van der Waals surface area contributed by atoms with Crippen LogP contribution in [0.2, 0.25) is 0 Å². The monoisotopic (exact) mass is 428 g/mol. The number of fused-ring (bicyclic) bond motifs is 5. The maximum absolute atomic E-state index is 13.2. The van der Waals surface area contributed by atoms with E-state index in [-0.39, 0.29) is 11.3 Å². The van der Waals surface area contributed by atoms with Gasteiger partial charge in [0.15, 0.2) is 5.78 Å². The Balaban J connectivity index is 1.27. The van der Waals surface area contributed by atoms with Gasteiger partial charge in [-0.15, -0.1) is 0 Å². The lowest BCUT2D eigenvalue weighted by Gasteiger charge is -2.57. The topological polar surface area (TPSA) is 64.3 Å². The Morgan fingerprint density at radius 1 is 1.13 bits per heavy atom. The zero-order valence-corrected chi connectivity index (χ0v) is 19.3. The summed E-state index contributed by atoms with van der Waals surface area (Å²) in [4.78, 5) is 13.2. The van der Waals surface area contributed by atoms with Crippen LogP contribution in [0.1, 0.15) is 71.6 Å². The highest BCUT2D eigenvalue weighted by Gasteiger charge is 2.59. The molecule has 0 radical (unpaired) electrons. The highest BCUT2D eigenvalue weighted by Crippen LogP contribution is 2.64. The molecule has 0 saturated heterocycles. The number of carbonyl (C=O) groups is 1. The summed E-state index contributed by atoms with van der Waals surface area (Å²) in [6.45, 7) is 6.05. The van der Waals surface area contributed by atoms with Crippen LogP contribution in [-0.2, 0) is 16.1 Å². The van der Waals surface area contributed by atoms with E-state index in [9.17, 15) is 9.90 Å². The normalized spacial score (nSPS) is 44.4. The molecule has 0 aliphatic heterocycles. The Morgan fingerprint density at radius 2 is 1.97 bits per heavy atom. The molecule has 0 spiro atoms. The van der Waals surface area contributed by atoms with Crippen molar-refractivity contribution in [2.24, 2.45) is 40.9 Å². The Bertz CT molecular complexity index is 780. The number of aliphatic hydroxyl groups is 1. The van der Waals surface area contributed by atoms with Crippen LogP contribution in [0.5, 0.6) is 0 Å². The van der Waals surface area contributed by atoms with Gasteiger partial charge in [0.05, 0.1) is 18.8 Å². The van der Waals surface area contributed by atoms with Crippen LogP contribution < -0.4 is 0 Å². The first-order valence-corrected chi connectivity index (χ1v) is 12.7. The van der Waals surface area contributed by atoms with Gasteiger partial charge >= 0.3 is 0 Å². The van der Waals surface area contributed by atoms with Crippen molar-refractivity contribution < 1.29 is 14.6 Å². The first-order valence-electron chi connectivity index (χ1n) is 12.7. The van der Waals surface area contributed by atoms with E-state index in [1.165, 1.54) is 32.1 Å². The predicted molar refractivity (Wildman–Crippen MR) is 119 cm³/mol. The summed E-state index contributed by atoms with van der Waals surface area (Å²) >= 11 is 0. The van der Waals surface area contributed by atoms with E-state index in [1.54, 1.807) is 10.9 Å². The molecule has 0 bridgehead atoms. The van der Waals surface area contributed by atoms with Crippen molar-refractivity contribution in [2.75, 3.05) is 13.2 Å². The number of ether oxygens (including phenoxy) is 1. The predicted octanol–water partition coefficient (Wildman–Crippen LogP) is 4.49. The smallest absolute Gasteiger partial charge is 0.157 e. The van der Waals surface area contributed by atoms with Crippen molar-refractivity contribution in [2.45, 2.75) is 83.8 Å². The summed E-state index contributed by atoms with van der Waals surface area (Å²) in [5.41, 5.74) is -0.437. The average molecular weight is 429 g/mol. The van der Waals surface area contributed by atoms with Gasteiger partial charge in [-0.05, 0) is 106 Å². The number of rotatable bonds is 6. The van der Waals surface area contributed by atoms with E-state index >= 15 is 0 Å². The number of hydrogen-bond acceptors (Lipinski definition) is 4. The molecule has 1 aromatic heterocycles. The van der Waals surface area contributed by atoms with Gasteiger partial charge in [-0.3, -0.25) is 9.48 Å². The van der Waals surface area contributed by atoms with Crippen molar-refractivity contribution >= 4 is 5.78 Å². The largest absolute Gasteiger partial charge is 0.387 e. The van der Waals surface area contributed by atoms with E-state index < -0.39 is 5.60 Å². The SMILES string of the molecule is CCOC[C@@]1(O)CC[C@H]2[C@@H](CC[C@@H]3[C@@H]2CC[C@]2(C)[C@@H](C(=O)Cn4cccn4)CC[C@@H]32)C1. The molecule has 1 heterocycles. The van der Waals surface area contributed by atoms with E-state index in [0.717, 1.165) is 43.4 Å². The van der Waals surface area contributed by atoms with Gasteiger partial charge < -0.3 is 9.84 Å². The molecule has 0 aromatic carbocycles. The van der Waals surface area contributed by atoms with Crippen LogP contribution in [0.3, 0.4) is 0 Å². The minimum absolute atomic E-state index is 0.169. The van der Waals surface area contributed by atoms with Crippen molar-refractivity contribution in [3.63, 3.8) is 0 Å². The lowest BCUT2D eigenvalue weighted by molar-refractivity contribution is -0.138. The maximum atomic E-state index is 13.2. The Morgan fingerprint density at radius 3 is 2.74 bits per heavy atom. The quantitative estimate of drug-likeness (QED) is 0.725. The van der Waals surface area contributed by atoms with Crippen LogP contribution >= 0.6 is 0 Å². The molecule has 4 aliphatic carbocycles. The summed E-state index contributed by atoms with van der Waals surface area (Å²) < 4.78 is 7.41. The first-order chi connectivity index (χ1) is 14.9. The molecule has 8 atom stereocenters. The van der Waals surface area contributed by atoms with Crippen molar-refractivity contribution in [1.29, 1.82) is 0 Å². The summed E-state index contributed by atoms with van der Waals surface area (Å²) in [6, 6.07) is 1.90. The highest BCUT2D eigenvalue weighted by molar-refractivity contribution is 5.82. The lowest BCUT2D eigenvalue weighted by Crippen LogP contribution is -2.52. The lowest BCUT2D eigenvalue weighted by atomic mass is 9.49. The molecule has 4 aliphatic rings. The molecular weight excluding hydrogens is 388 g/mol. The van der Waals surface area contributed by atoms with Gasteiger partial charge in [0.25, 0.3) is 0 Å². The maximum Gasteiger partial charge on any atom is 0.157 e. The van der Waals surface area contributed by atoms with Gasteiger partial charge in [-0.2, -0.15) is 5.10 Å². The van der Waals surface area contributed by atoms with Crippen LogP contribution in [0.15, 0.2) is 18.5 Å². The molecule has 1 aromatic rings. The number of ketones is 1. The fourth-order valence-electron chi connectivity index (χ4n) is 8.58. The molecule has 0 unspecified atom stereocenters. The van der Waals surface area contributed by atoms with E-state index in [1.807, 2.05) is 19.2 Å². The number of aromatic nitrogens is 2. The summed E-state index contributed by atoms with van der Waals surface area (Å²) in [7, 11) is 0. The molecule has 4 saturated carbocycles. The molecule has 5 nitrogen and oxygen atoms in total. The van der Waals surface area contributed by atoms with E-state index in [0.29, 0.717) is 37.4 Å². The van der Waals surface area contributed by atoms with Gasteiger partial charge in [0.1, 0.15) is 0 Å². The number of hydrogen-bond donors (Lipinski definition) is 1. The minimum Gasteiger partial charge on any atom is -0.387 e. The van der Waals surface area contributed by atoms with Crippen LogP contribution in [0.25, 0.3) is 0 Å². The van der Waals surface area contributed by atoms with Crippen molar-refractivity contribution in [3.05, 3.63) is 18.5 Å². The zero-order chi connectivity index (χ0) is 21.6. The zero-order valence-electron chi connectivity index (χ0n) is 19.3. The fraction of sp³-hybridized carbons (Fsp3) is 0.846. The van der Waals surface area contributed by atoms with Crippen molar-refractivity contribution in [1.82, 2.24) is 9.78 Å². The van der Waals surface area contributed by atoms with Crippen molar-refractivity contribution in [3.8, 4) is 0 Å². The summed E-state index contributed by atoms with van der Waals surface area (Å²) in [5, 5.41) is 15.3. The van der Waals surface area contributed by atoms with Crippen LogP contribution in [0.4, 0.5) is 0 Å². The van der Waals surface area contributed by atoms with E-state index in [4.69, 9.17) is 4.74 Å². The van der Waals surface area contributed by atoms with Gasteiger partial charge in [0.2, 0.25) is 0 Å². The first kappa shape index (κ1) is 21.6. The Labute approximate surface area is 186 Å². The van der Waals surface area contributed by atoms with E-state index in [2.05, 4.69) is 12.0 Å². The third-order valence-electron chi connectivity index (χ3n) is 9.94. The summed E-state index contributed by atoms with van der Waals surface area (Å²) in [5.74, 6) is 4.28. The molecule has 31 heavy (non-hydrogen) atoms. The fourth-order valence-corrected chi connectivity index (χ4v) is 8.58. The standard InChI is InChI=1S/C26H40N2O3/c1-3-31-17-26(30)12-10-19-18(15-26)5-6-21-20(19)9-11-25(2)22(21)7-8-23(25)24(29)16-28-14-4-13-27-28/h4,13-14,18-23,30H,3,5-12,15-17H2,1-2H3/t18-,19-,20+,21+,22-,23+,25-,26+/m0/s1. The average Bonchev–Trinajstić information content (AvgIpc) is 3.39. The summed E-state index contributed by atoms with van der Waals surface area (Å²) in [6.07, 6.45) is 13.9. The molecule has 4 fully saturated rings. The molecule has 5 heteroatoms. The Kier molecular flexibility index (Phi) is 5.79. The van der Waals surface area contributed by atoms with Crippen LogP contribution in [-0.4, -0.2) is 39.5 Å². The second-order valence-corrected chi connectivity index (χ2v) is 11.4. The number of carbonyl (C=O) groups excluding carboxylic acids is 1. The third-order valence-corrected chi connectivity index (χ3v) is 9.94.